The highest BCUT2D eigenvalue weighted by Crippen LogP contribution is 2.23. The predicted molar refractivity (Wildman–Crippen MR) is 78.9 cm³/mol. The quantitative estimate of drug-likeness (QED) is 0.874. The van der Waals surface area contributed by atoms with Gasteiger partial charge >= 0.3 is 0 Å². The van der Waals surface area contributed by atoms with E-state index in [1.165, 1.54) is 0 Å². The third kappa shape index (κ3) is 3.93. The summed E-state index contributed by atoms with van der Waals surface area (Å²) in [5, 5.41) is 12.6. The van der Waals surface area contributed by atoms with E-state index in [1.54, 1.807) is 12.3 Å². The van der Waals surface area contributed by atoms with Crippen LogP contribution in [0.4, 0.5) is 5.82 Å². The number of aliphatic hydroxyl groups excluding tert-OH is 1. The number of hydrogen-bond donors (Lipinski definition) is 2. The fourth-order valence-corrected chi connectivity index (χ4v) is 2.57. The molecule has 2 unspecified atom stereocenters. The van der Waals surface area contributed by atoms with Crippen LogP contribution in [0.15, 0.2) is 18.3 Å². The number of carbonyl (C=O) groups excluding carboxylic acids is 1. The average Bonchev–Trinajstić information content (AvgIpc) is 2.45. The van der Waals surface area contributed by atoms with Gasteiger partial charge in [0.25, 0.3) is 5.91 Å². The molecular formula is C15H23N3O2. The van der Waals surface area contributed by atoms with E-state index in [0.29, 0.717) is 18.0 Å². The summed E-state index contributed by atoms with van der Waals surface area (Å²) in [7, 11) is 3.83. The molecule has 1 aromatic rings. The van der Waals surface area contributed by atoms with Gasteiger partial charge in [-0.1, -0.05) is 6.42 Å². The monoisotopic (exact) mass is 277 g/mol. The topological polar surface area (TPSA) is 65.5 Å². The number of anilines is 1. The largest absolute Gasteiger partial charge is 0.393 e. The maximum atomic E-state index is 12.0. The molecule has 0 aliphatic heterocycles. The van der Waals surface area contributed by atoms with Gasteiger partial charge in [-0.3, -0.25) is 4.79 Å². The van der Waals surface area contributed by atoms with E-state index < -0.39 is 0 Å². The number of nitrogens with one attached hydrogen (secondary N) is 1. The first kappa shape index (κ1) is 14.8. The molecule has 1 saturated carbocycles. The standard InChI is InChI=1S/C15H23N3O2/c1-18(2)14-7-6-12(10-16-14)15(20)17-9-11-4-3-5-13(19)8-11/h6-7,10-11,13,19H,3-5,8-9H2,1-2H3,(H,17,20). The molecule has 0 spiro atoms. The minimum absolute atomic E-state index is 0.0946. The Labute approximate surface area is 120 Å². The summed E-state index contributed by atoms with van der Waals surface area (Å²) in [4.78, 5) is 18.1. The SMILES string of the molecule is CN(C)c1ccc(C(=O)NCC2CCCC(O)C2)cn1. The Morgan fingerprint density at radius 2 is 2.25 bits per heavy atom. The maximum Gasteiger partial charge on any atom is 0.252 e. The highest BCUT2D eigenvalue weighted by Gasteiger charge is 2.20. The highest BCUT2D eigenvalue weighted by molar-refractivity contribution is 5.94. The summed E-state index contributed by atoms with van der Waals surface area (Å²) >= 11 is 0. The third-order valence-corrected chi connectivity index (χ3v) is 3.77. The molecule has 1 aliphatic rings. The zero-order chi connectivity index (χ0) is 14.5. The van der Waals surface area contributed by atoms with Crippen molar-refractivity contribution in [3.8, 4) is 0 Å². The first-order chi connectivity index (χ1) is 9.56. The van der Waals surface area contributed by atoms with Gasteiger partial charge < -0.3 is 15.3 Å². The summed E-state index contributed by atoms with van der Waals surface area (Å²) in [6.45, 7) is 0.630. The van der Waals surface area contributed by atoms with Crippen LogP contribution in [0, 0.1) is 5.92 Å². The number of hydrogen-bond acceptors (Lipinski definition) is 4. The van der Waals surface area contributed by atoms with Crippen LogP contribution in [-0.2, 0) is 0 Å². The van der Waals surface area contributed by atoms with Crippen LogP contribution in [-0.4, -0.2) is 42.7 Å². The molecule has 0 aromatic carbocycles. The van der Waals surface area contributed by atoms with Crippen LogP contribution in [0.25, 0.3) is 0 Å². The Hall–Kier alpha value is -1.62. The van der Waals surface area contributed by atoms with E-state index in [-0.39, 0.29) is 12.0 Å². The van der Waals surface area contributed by atoms with Crippen LogP contribution in [0.3, 0.4) is 0 Å². The summed E-state index contributed by atoms with van der Waals surface area (Å²) < 4.78 is 0. The molecule has 0 radical (unpaired) electrons. The molecular weight excluding hydrogens is 254 g/mol. The number of aliphatic hydroxyl groups is 1. The van der Waals surface area contributed by atoms with Gasteiger partial charge in [0.05, 0.1) is 11.7 Å². The molecule has 20 heavy (non-hydrogen) atoms. The van der Waals surface area contributed by atoms with Crippen molar-refractivity contribution in [1.29, 1.82) is 0 Å². The smallest absolute Gasteiger partial charge is 0.252 e. The summed E-state index contributed by atoms with van der Waals surface area (Å²) in [5.41, 5.74) is 0.576. The molecule has 2 N–H and O–H groups in total. The minimum atomic E-state index is -0.202. The van der Waals surface area contributed by atoms with Crippen molar-refractivity contribution in [3.63, 3.8) is 0 Å². The number of amides is 1. The summed E-state index contributed by atoms with van der Waals surface area (Å²) in [5.74, 6) is 1.12. The number of aromatic nitrogens is 1. The van der Waals surface area contributed by atoms with E-state index in [2.05, 4.69) is 10.3 Å². The van der Waals surface area contributed by atoms with Crippen molar-refractivity contribution in [2.45, 2.75) is 31.8 Å². The van der Waals surface area contributed by atoms with E-state index in [4.69, 9.17) is 0 Å². The minimum Gasteiger partial charge on any atom is -0.393 e. The Morgan fingerprint density at radius 1 is 1.45 bits per heavy atom. The van der Waals surface area contributed by atoms with Crippen molar-refractivity contribution < 1.29 is 9.90 Å². The zero-order valence-corrected chi connectivity index (χ0v) is 12.2. The predicted octanol–water partition coefficient (Wildman–Crippen LogP) is 1.43. The average molecular weight is 277 g/mol. The van der Waals surface area contributed by atoms with Gasteiger partial charge in [-0.2, -0.15) is 0 Å². The van der Waals surface area contributed by atoms with E-state index in [0.717, 1.165) is 31.5 Å². The fourth-order valence-electron chi connectivity index (χ4n) is 2.57. The second-order valence-electron chi connectivity index (χ2n) is 5.70. The number of nitrogens with zero attached hydrogens (tertiary/aromatic N) is 2. The Bertz CT molecular complexity index is 445. The lowest BCUT2D eigenvalue weighted by molar-refractivity contribution is 0.0873. The van der Waals surface area contributed by atoms with Gasteiger partial charge in [0.2, 0.25) is 0 Å². The van der Waals surface area contributed by atoms with Gasteiger partial charge in [-0.05, 0) is 37.3 Å². The lowest BCUT2D eigenvalue weighted by Gasteiger charge is -2.25. The van der Waals surface area contributed by atoms with Gasteiger partial charge in [0.1, 0.15) is 5.82 Å². The second-order valence-corrected chi connectivity index (χ2v) is 5.70. The van der Waals surface area contributed by atoms with Gasteiger partial charge in [0.15, 0.2) is 0 Å². The van der Waals surface area contributed by atoms with E-state index in [1.807, 2.05) is 25.1 Å². The normalized spacial score (nSPS) is 22.4. The van der Waals surface area contributed by atoms with Crippen molar-refractivity contribution in [1.82, 2.24) is 10.3 Å². The van der Waals surface area contributed by atoms with Crippen LogP contribution >= 0.6 is 0 Å². The molecule has 0 saturated heterocycles. The molecule has 1 aliphatic carbocycles. The van der Waals surface area contributed by atoms with Crippen LogP contribution in [0.5, 0.6) is 0 Å². The molecule has 1 amide bonds. The molecule has 110 valence electrons. The second kappa shape index (κ2) is 6.70. The van der Waals surface area contributed by atoms with Crippen LogP contribution < -0.4 is 10.2 Å². The Morgan fingerprint density at radius 3 is 2.85 bits per heavy atom. The van der Waals surface area contributed by atoms with E-state index in [9.17, 15) is 9.90 Å². The van der Waals surface area contributed by atoms with Gasteiger partial charge in [-0.25, -0.2) is 4.98 Å². The highest BCUT2D eigenvalue weighted by atomic mass is 16.3. The third-order valence-electron chi connectivity index (χ3n) is 3.77. The lowest BCUT2D eigenvalue weighted by Crippen LogP contribution is -2.33. The van der Waals surface area contributed by atoms with Crippen molar-refractivity contribution in [2.24, 2.45) is 5.92 Å². The fraction of sp³-hybridized carbons (Fsp3) is 0.600. The first-order valence-corrected chi connectivity index (χ1v) is 7.16. The number of rotatable bonds is 4. The Kier molecular flexibility index (Phi) is 4.95. The molecule has 1 heterocycles. The Balaban J connectivity index is 1.85. The molecule has 2 atom stereocenters. The maximum absolute atomic E-state index is 12.0. The molecule has 5 nitrogen and oxygen atoms in total. The van der Waals surface area contributed by atoms with E-state index >= 15 is 0 Å². The van der Waals surface area contributed by atoms with Crippen LogP contribution in [0.2, 0.25) is 0 Å². The molecule has 1 aromatic heterocycles. The summed E-state index contributed by atoms with van der Waals surface area (Å²) in [6, 6.07) is 3.62. The van der Waals surface area contributed by atoms with Gasteiger partial charge in [0, 0.05) is 26.8 Å². The van der Waals surface area contributed by atoms with Gasteiger partial charge in [-0.15, -0.1) is 0 Å². The van der Waals surface area contributed by atoms with Crippen LogP contribution in [0.1, 0.15) is 36.0 Å². The zero-order valence-electron chi connectivity index (χ0n) is 12.2. The molecule has 5 heteroatoms. The lowest BCUT2D eigenvalue weighted by atomic mass is 9.87. The number of carbonyl (C=O) groups is 1. The number of pyridine rings is 1. The van der Waals surface area contributed by atoms with Crippen molar-refractivity contribution in [2.75, 3.05) is 25.5 Å². The molecule has 0 bridgehead atoms. The molecule has 1 fully saturated rings. The first-order valence-electron chi connectivity index (χ1n) is 7.16. The van der Waals surface area contributed by atoms with Crippen molar-refractivity contribution >= 4 is 11.7 Å². The van der Waals surface area contributed by atoms with Crippen molar-refractivity contribution in [3.05, 3.63) is 23.9 Å². The molecule has 2 rings (SSSR count). The summed E-state index contributed by atoms with van der Waals surface area (Å²) in [6.07, 6.45) is 5.20.